The maximum absolute atomic E-state index is 13.2. The fraction of sp³-hybridized carbons (Fsp3) is 0.467. The molecule has 0 unspecified atom stereocenters. The second kappa shape index (κ2) is 22.8. The zero-order chi connectivity index (χ0) is 55.3. The van der Waals surface area contributed by atoms with E-state index < -0.39 is 68.0 Å². The second-order valence-corrected chi connectivity index (χ2v) is 22.3. The molecule has 8 heterocycles. The zero-order valence-corrected chi connectivity index (χ0v) is 45.1. The van der Waals surface area contributed by atoms with Crippen LogP contribution in [0, 0.1) is 11.8 Å². The van der Waals surface area contributed by atoms with Crippen molar-refractivity contribution in [2.75, 3.05) is 66.7 Å². The first-order valence-electron chi connectivity index (χ1n) is 28.0. The molecule has 0 radical (unpaired) electrons. The number of hydrogen-bond acceptors (Lipinski definition) is 14. The zero-order valence-electron chi connectivity index (χ0n) is 45.1. The van der Waals surface area contributed by atoms with Crippen molar-refractivity contribution in [2.45, 2.75) is 101 Å². The standard InChI is InChI=1S/C60H70N8O12/c1-77-39-3-5-45-41(25-39)49-43-29-67(17-11-35(43)23-37(51(49)63-45)27-61-59(75)57-55(73)53(71)47(31-69)79-57)21-19-65-13-7-33(8-14-65)34-9-15-66(16-10-34)20-22-68-18-12-36-24-38(28-62-60(76)58-56(74)54(72)48(32-70)80-58)52-50(44(36)30-68)42-26-40(78-2)4-6-46(42)64-52/h3-6,11-12,17-18,23-26,29-30,33-34,47-48,53-58,69-74H,7-10,13-16,19-22,27-28,31-32H2,1-2H3,(H2,61,62,75,76)/p+2/t47-,48-,53+,54+,55-,56-,57+,58+/m0/s1. The molecule has 0 aliphatic carbocycles. The van der Waals surface area contributed by atoms with Crippen LogP contribution in [0.15, 0.2) is 85.5 Å². The van der Waals surface area contributed by atoms with Crippen LogP contribution in [-0.2, 0) is 40.4 Å². The predicted molar refractivity (Wildman–Crippen MR) is 299 cm³/mol. The van der Waals surface area contributed by atoms with Gasteiger partial charge in [0.1, 0.15) is 48.1 Å². The first-order valence-corrected chi connectivity index (χ1v) is 28.0. The van der Waals surface area contributed by atoms with E-state index in [0.717, 1.165) is 152 Å². The number of nitrogens with one attached hydrogen (secondary N) is 3. The lowest BCUT2D eigenvalue weighted by atomic mass is 9.79. The molecule has 4 aromatic carbocycles. The van der Waals surface area contributed by atoms with Gasteiger partial charge in [0.05, 0.1) is 55.9 Å². The van der Waals surface area contributed by atoms with E-state index in [0.29, 0.717) is 0 Å². The van der Waals surface area contributed by atoms with Crippen molar-refractivity contribution < 1.29 is 69.0 Å². The Kier molecular flexibility index (Phi) is 15.4. The molecule has 10 N–H and O–H groups in total. The molecule has 20 heteroatoms. The van der Waals surface area contributed by atoms with Crippen LogP contribution in [0.3, 0.4) is 0 Å². The van der Waals surface area contributed by atoms with E-state index >= 15 is 0 Å². The van der Waals surface area contributed by atoms with Gasteiger partial charge in [-0.1, -0.05) is 0 Å². The Morgan fingerprint density at radius 1 is 0.738 bits per heavy atom. The summed E-state index contributed by atoms with van der Waals surface area (Å²) in [6.07, 6.45) is 3.48. The minimum atomic E-state index is -1.45. The number of pyridine rings is 2. The number of fused-ring (bicyclic) bond motifs is 10. The molecular formula is C60H72N8O12+2. The Hall–Kier alpha value is -6.56. The van der Waals surface area contributed by atoms with Crippen molar-refractivity contribution in [2.24, 2.45) is 11.8 Å². The average Bonchev–Trinajstić information content (AvgIpc) is 4.42. The minimum absolute atomic E-state index is 0.118. The Labute approximate surface area is 461 Å². The van der Waals surface area contributed by atoms with Crippen molar-refractivity contribution in [3.8, 4) is 11.5 Å². The van der Waals surface area contributed by atoms with Crippen molar-refractivity contribution in [1.82, 2.24) is 29.7 Å². The molecule has 1 amide bonds. The van der Waals surface area contributed by atoms with E-state index in [1.165, 1.54) is 25.7 Å². The van der Waals surface area contributed by atoms with Gasteiger partial charge in [0, 0.05) is 76.1 Å². The predicted octanol–water partition coefficient (Wildman–Crippen LogP) is 1.68. The van der Waals surface area contributed by atoms with E-state index in [-0.39, 0.29) is 19.0 Å². The van der Waals surface area contributed by atoms with Gasteiger partial charge in [-0.2, -0.15) is 0 Å². The lowest BCUT2D eigenvalue weighted by Crippen LogP contribution is -2.74. The number of aliphatic hydroxyl groups excluding tert-OH is 7. The summed E-state index contributed by atoms with van der Waals surface area (Å²) in [7, 11) is 3.31. The third-order valence-electron chi connectivity index (χ3n) is 17.7. The van der Waals surface area contributed by atoms with E-state index in [4.69, 9.17) is 23.9 Å². The SMILES string of the molecule is COc1ccc2nc3c(CNC(=O)[C@@H]4O[C@@H](CO)[C@@H](O)[C@@H]4O)cc4ccn(CCN5CCC(C6CCN(CC[n+]7ccc8cc(C[NH+]=C(O)[C@@H]9O[C@@H](CO)[C@@H](O)[C@@H]9O)c9[nH]c%10ccc(OC)cc%10c9c8c7)CC6)CC5)cc4c3c2c1. The van der Waals surface area contributed by atoms with Crippen LogP contribution in [0.2, 0.25) is 0 Å². The van der Waals surface area contributed by atoms with E-state index in [1.54, 1.807) is 14.2 Å². The number of aromatic amines is 1. The molecule has 4 aromatic heterocycles. The first-order chi connectivity index (χ1) is 38.9. The maximum atomic E-state index is 13.2. The Balaban J connectivity index is 0.662. The number of rotatable bonds is 17. The second-order valence-electron chi connectivity index (χ2n) is 22.3. The number of nitrogens with zero attached hydrogens (tertiary/aromatic N) is 5. The number of hydrogen-bond donors (Lipinski definition) is 10. The summed E-state index contributed by atoms with van der Waals surface area (Å²) < 4.78 is 26.8. The van der Waals surface area contributed by atoms with Crippen LogP contribution in [0.5, 0.6) is 11.5 Å². The molecule has 0 spiro atoms. The van der Waals surface area contributed by atoms with Gasteiger partial charge in [-0.25, -0.2) is 14.5 Å². The number of methoxy groups -OCH3 is 2. The van der Waals surface area contributed by atoms with Gasteiger partial charge in [-0.3, -0.25) is 9.69 Å². The highest BCUT2D eigenvalue weighted by Gasteiger charge is 2.48. The number of carbonyl (C=O) groups excluding carboxylic acids is 1. The normalized spacial score (nSPS) is 24.9. The Morgan fingerprint density at radius 3 is 2.06 bits per heavy atom. The van der Waals surface area contributed by atoms with Crippen LogP contribution in [-0.4, -0.2) is 187 Å². The number of piperidine rings is 2. The van der Waals surface area contributed by atoms with Gasteiger partial charge in [0.25, 0.3) is 5.91 Å². The summed E-state index contributed by atoms with van der Waals surface area (Å²) >= 11 is 0. The van der Waals surface area contributed by atoms with Crippen molar-refractivity contribution in [3.63, 3.8) is 0 Å². The fourth-order valence-corrected chi connectivity index (χ4v) is 13.0. The largest absolute Gasteiger partial charge is 0.497 e. The molecule has 4 fully saturated rings. The van der Waals surface area contributed by atoms with Crippen LogP contribution in [0.1, 0.15) is 36.8 Å². The third-order valence-corrected chi connectivity index (χ3v) is 17.7. The summed E-state index contributed by atoms with van der Waals surface area (Å²) in [4.78, 5) is 30.1. The molecule has 4 aliphatic heterocycles. The lowest BCUT2D eigenvalue weighted by molar-refractivity contribution is -0.695. The van der Waals surface area contributed by atoms with Gasteiger partial charge < -0.3 is 74.5 Å². The number of carbonyl (C=O) groups is 1. The number of amides is 1. The highest BCUT2D eigenvalue weighted by Crippen LogP contribution is 2.39. The van der Waals surface area contributed by atoms with Crippen LogP contribution >= 0.6 is 0 Å². The molecule has 422 valence electrons. The summed E-state index contributed by atoms with van der Waals surface area (Å²) in [6.45, 7) is 7.27. The monoisotopic (exact) mass is 1100 g/mol. The van der Waals surface area contributed by atoms with E-state index in [2.05, 4.69) is 77.2 Å². The number of aliphatic hydroxyl groups is 7. The lowest BCUT2D eigenvalue weighted by Gasteiger charge is -2.40. The molecule has 0 bridgehead atoms. The van der Waals surface area contributed by atoms with Crippen LogP contribution < -0.4 is 24.4 Å². The van der Waals surface area contributed by atoms with Crippen LogP contribution in [0.4, 0.5) is 0 Å². The average molecular weight is 1100 g/mol. The first kappa shape index (κ1) is 54.0. The van der Waals surface area contributed by atoms with Crippen LogP contribution in [0.25, 0.3) is 65.2 Å². The number of benzene rings is 4. The smallest absolute Gasteiger partial charge is 0.365 e. The van der Waals surface area contributed by atoms with Gasteiger partial charge in [-0.05, 0) is 135 Å². The van der Waals surface area contributed by atoms with Crippen molar-refractivity contribution >= 4 is 77.0 Å². The van der Waals surface area contributed by atoms with E-state index in [9.17, 15) is 40.5 Å². The minimum Gasteiger partial charge on any atom is -0.497 e. The van der Waals surface area contributed by atoms with Crippen molar-refractivity contribution in [1.29, 1.82) is 0 Å². The molecule has 20 nitrogen and oxygen atoms in total. The van der Waals surface area contributed by atoms with E-state index in [1.807, 2.05) is 42.5 Å². The Morgan fingerprint density at radius 2 is 1.38 bits per heavy atom. The molecule has 8 aromatic rings. The number of H-pyrrole nitrogens is 1. The highest BCUT2D eigenvalue weighted by molar-refractivity contribution is 6.22. The summed E-state index contributed by atoms with van der Waals surface area (Å²) in [5.74, 6) is 2.03. The topological polar surface area (TPSA) is 266 Å². The quantitative estimate of drug-likeness (QED) is 0.0354. The van der Waals surface area contributed by atoms with Gasteiger partial charge in [0.2, 0.25) is 6.10 Å². The molecular weight excluding hydrogens is 1020 g/mol. The number of likely N-dealkylation sites (tertiary alicyclic amines) is 2. The van der Waals surface area contributed by atoms with Crippen molar-refractivity contribution in [3.05, 3.63) is 96.6 Å². The molecule has 0 saturated carbocycles. The number of ether oxygens (including phenoxy) is 4. The fourth-order valence-electron chi connectivity index (χ4n) is 13.0. The number of aromatic nitrogens is 4. The highest BCUT2D eigenvalue weighted by atomic mass is 16.6. The molecule has 8 atom stereocenters. The molecule has 4 saturated heterocycles. The van der Waals surface area contributed by atoms with Gasteiger partial charge >= 0.3 is 5.90 Å². The summed E-state index contributed by atoms with van der Waals surface area (Å²) in [5, 5.41) is 82.5. The Bertz CT molecular complexity index is 3610. The van der Waals surface area contributed by atoms with Gasteiger partial charge in [-0.15, -0.1) is 0 Å². The molecule has 80 heavy (non-hydrogen) atoms. The molecule has 4 aliphatic rings. The maximum Gasteiger partial charge on any atom is 0.365 e. The summed E-state index contributed by atoms with van der Waals surface area (Å²) in [6, 6.07) is 20.2. The van der Waals surface area contributed by atoms with Gasteiger partial charge in [0.15, 0.2) is 31.6 Å². The summed E-state index contributed by atoms with van der Waals surface area (Å²) in [5.41, 5.74) is 5.12. The molecule has 12 rings (SSSR count). The third kappa shape index (κ3) is 10.3.